The highest BCUT2D eigenvalue weighted by Gasteiger charge is 2.29. The van der Waals surface area contributed by atoms with Crippen LogP contribution in [0.25, 0.3) is 10.8 Å². The molecule has 1 heterocycles. The number of anilines is 3. The van der Waals surface area contributed by atoms with Gasteiger partial charge in [0.25, 0.3) is 21.8 Å². The van der Waals surface area contributed by atoms with Crippen LogP contribution in [0.2, 0.25) is 0 Å². The fourth-order valence-corrected chi connectivity index (χ4v) is 5.34. The van der Waals surface area contributed by atoms with Crippen LogP contribution in [-0.2, 0) is 10.0 Å². The SMILES string of the molecule is CCN1C(=O)c2cccc3c(NC(=O)c4ccc(NS(=O)(=O)c5ccc(C)cc5)cc4)ccc1c23. The van der Waals surface area contributed by atoms with E-state index in [2.05, 4.69) is 10.0 Å². The van der Waals surface area contributed by atoms with Crippen molar-refractivity contribution in [1.82, 2.24) is 0 Å². The summed E-state index contributed by atoms with van der Waals surface area (Å²) in [5, 5.41) is 4.55. The number of hydrogen-bond donors (Lipinski definition) is 2. The zero-order chi connectivity index (χ0) is 24.7. The van der Waals surface area contributed by atoms with Crippen LogP contribution in [0.5, 0.6) is 0 Å². The molecule has 0 radical (unpaired) electrons. The van der Waals surface area contributed by atoms with Gasteiger partial charge in [0.05, 0.1) is 10.6 Å². The first-order chi connectivity index (χ1) is 16.8. The lowest BCUT2D eigenvalue weighted by atomic mass is 10.0. The molecule has 0 bridgehead atoms. The van der Waals surface area contributed by atoms with Crippen LogP contribution in [0.3, 0.4) is 0 Å². The van der Waals surface area contributed by atoms with Gasteiger partial charge >= 0.3 is 0 Å². The summed E-state index contributed by atoms with van der Waals surface area (Å²) >= 11 is 0. The van der Waals surface area contributed by atoms with Gasteiger partial charge in [0.1, 0.15) is 0 Å². The first-order valence-corrected chi connectivity index (χ1v) is 12.7. The summed E-state index contributed by atoms with van der Waals surface area (Å²) in [5.41, 5.74) is 3.76. The Labute approximate surface area is 203 Å². The lowest BCUT2D eigenvalue weighted by Gasteiger charge is -2.15. The molecule has 0 aliphatic carbocycles. The molecule has 8 heteroatoms. The molecular formula is C27H23N3O4S. The fraction of sp³-hybridized carbons (Fsp3) is 0.111. The predicted molar refractivity (Wildman–Crippen MR) is 138 cm³/mol. The van der Waals surface area contributed by atoms with E-state index >= 15 is 0 Å². The summed E-state index contributed by atoms with van der Waals surface area (Å²) in [4.78, 5) is 27.5. The summed E-state index contributed by atoms with van der Waals surface area (Å²) in [6.45, 7) is 4.38. The van der Waals surface area contributed by atoms with E-state index in [9.17, 15) is 18.0 Å². The van der Waals surface area contributed by atoms with Crippen molar-refractivity contribution in [2.75, 3.05) is 21.5 Å². The third kappa shape index (κ3) is 4.02. The van der Waals surface area contributed by atoms with Gasteiger partial charge < -0.3 is 10.2 Å². The molecule has 0 saturated carbocycles. The molecular weight excluding hydrogens is 462 g/mol. The Balaban J connectivity index is 1.37. The molecule has 35 heavy (non-hydrogen) atoms. The normalized spacial score (nSPS) is 12.7. The van der Waals surface area contributed by atoms with Gasteiger partial charge in [-0.25, -0.2) is 8.42 Å². The van der Waals surface area contributed by atoms with Crippen molar-refractivity contribution in [3.8, 4) is 0 Å². The van der Waals surface area contributed by atoms with Crippen LogP contribution < -0.4 is 14.9 Å². The van der Waals surface area contributed by atoms with E-state index in [1.165, 1.54) is 0 Å². The van der Waals surface area contributed by atoms with Crippen molar-refractivity contribution in [1.29, 1.82) is 0 Å². The van der Waals surface area contributed by atoms with Crippen molar-refractivity contribution in [3.63, 3.8) is 0 Å². The molecule has 5 rings (SSSR count). The molecule has 1 aliphatic rings. The van der Waals surface area contributed by atoms with E-state index in [0.717, 1.165) is 22.0 Å². The van der Waals surface area contributed by atoms with E-state index in [-0.39, 0.29) is 16.7 Å². The zero-order valence-electron chi connectivity index (χ0n) is 19.2. The smallest absolute Gasteiger partial charge is 0.261 e. The molecule has 0 spiro atoms. The van der Waals surface area contributed by atoms with Crippen LogP contribution in [0.15, 0.2) is 83.8 Å². The standard InChI is InChI=1S/C27H23N3O4S/c1-3-30-24-16-15-23(21-5-4-6-22(25(21)24)27(30)32)28-26(31)18-9-11-19(12-10-18)29-35(33,34)20-13-7-17(2)8-14-20/h4-16,29H,3H2,1-2H3,(H,28,31). The van der Waals surface area contributed by atoms with E-state index < -0.39 is 10.0 Å². The number of amides is 2. The number of rotatable bonds is 6. The maximum absolute atomic E-state index is 13.0. The average Bonchev–Trinajstić information content (AvgIpc) is 3.13. The van der Waals surface area contributed by atoms with E-state index in [0.29, 0.717) is 29.0 Å². The summed E-state index contributed by atoms with van der Waals surface area (Å²) in [6, 6.07) is 21.9. The van der Waals surface area contributed by atoms with Crippen LogP contribution >= 0.6 is 0 Å². The Morgan fingerprint density at radius 2 is 1.63 bits per heavy atom. The number of sulfonamides is 1. The average molecular weight is 486 g/mol. The van der Waals surface area contributed by atoms with Gasteiger partial charge in [0, 0.05) is 39.8 Å². The predicted octanol–water partition coefficient (Wildman–Crippen LogP) is 5.18. The Bertz CT molecular complexity index is 1580. The zero-order valence-corrected chi connectivity index (χ0v) is 20.0. The van der Waals surface area contributed by atoms with Crippen LogP contribution in [0.4, 0.5) is 17.1 Å². The van der Waals surface area contributed by atoms with E-state index in [4.69, 9.17) is 0 Å². The number of carbonyl (C=O) groups is 2. The quantitative estimate of drug-likeness (QED) is 0.393. The molecule has 4 aromatic carbocycles. The molecule has 2 N–H and O–H groups in total. The summed E-state index contributed by atoms with van der Waals surface area (Å²) in [7, 11) is -3.73. The van der Waals surface area contributed by atoms with Crippen LogP contribution in [0, 0.1) is 6.92 Å². The Morgan fingerprint density at radius 3 is 2.31 bits per heavy atom. The largest absolute Gasteiger partial charge is 0.321 e. The monoisotopic (exact) mass is 485 g/mol. The second-order valence-electron chi connectivity index (χ2n) is 8.36. The summed E-state index contributed by atoms with van der Waals surface area (Å²) in [6.07, 6.45) is 0. The molecule has 0 aromatic heterocycles. The molecule has 0 unspecified atom stereocenters. The molecule has 1 aliphatic heterocycles. The van der Waals surface area contributed by atoms with Gasteiger partial charge in [0.2, 0.25) is 0 Å². The van der Waals surface area contributed by atoms with Gasteiger partial charge in [-0.15, -0.1) is 0 Å². The second-order valence-corrected chi connectivity index (χ2v) is 10.0. The topological polar surface area (TPSA) is 95.6 Å². The first-order valence-electron chi connectivity index (χ1n) is 11.2. The summed E-state index contributed by atoms with van der Waals surface area (Å²) < 4.78 is 27.7. The fourth-order valence-electron chi connectivity index (χ4n) is 4.28. The first kappa shape index (κ1) is 22.6. The van der Waals surface area contributed by atoms with E-state index in [1.54, 1.807) is 65.6 Å². The minimum absolute atomic E-state index is 0.0414. The molecule has 7 nitrogen and oxygen atoms in total. The third-order valence-electron chi connectivity index (χ3n) is 6.08. The molecule has 176 valence electrons. The highest BCUT2D eigenvalue weighted by Crippen LogP contribution is 2.40. The van der Waals surface area contributed by atoms with Crippen molar-refractivity contribution < 1.29 is 18.0 Å². The molecule has 0 fully saturated rings. The Kier molecular flexibility index (Phi) is 5.53. The number of benzene rings is 4. The van der Waals surface area contributed by atoms with Gasteiger partial charge in [-0.1, -0.05) is 29.8 Å². The second kappa shape index (κ2) is 8.56. The van der Waals surface area contributed by atoms with Crippen molar-refractivity contribution in [3.05, 3.63) is 95.6 Å². The van der Waals surface area contributed by atoms with Crippen LogP contribution in [-0.4, -0.2) is 26.8 Å². The van der Waals surface area contributed by atoms with Gasteiger partial charge in [-0.3, -0.25) is 14.3 Å². The van der Waals surface area contributed by atoms with Crippen LogP contribution in [0.1, 0.15) is 33.2 Å². The lowest BCUT2D eigenvalue weighted by molar-refractivity contribution is 0.0992. The molecule has 0 saturated heterocycles. The summed E-state index contributed by atoms with van der Waals surface area (Å²) in [5.74, 6) is -0.379. The number of nitrogens with one attached hydrogen (secondary N) is 2. The number of nitrogens with zero attached hydrogens (tertiary/aromatic N) is 1. The minimum Gasteiger partial charge on any atom is -0.321 e. The highest BCUT2D eigenvalue weighted by atomic mass is 32.2. The van der Waals surface area contributed by atoms with Gasteiger partial charge in [-0.2, -0.15) is 0 Å². The van der Waals surface area contributed by atoms with E-state index in [1.807, 2.05) is 32.0 Å². The maximum Gasteiger partial charge on any atom is 0.261 e. The molecule has 4 aromatic rings. The maximum atomic E-state index is 13.0. The third-order valence-corrected chi connectivity index (χ3v) is 7.48. The van der Waals surface area contributed by atoms with Gasteiger partial charge in [0.15, 0.2) is 0 Å². The van der Waals surface area contributed by atoms with Gasteiger partial charge in [-0.05, 0) is 68.4 Å². The molecule has 2 amide bonds. The van der Waals surface area contributed by atoms with Crippen molar-refractivity contribution in [2.45, 2.75) is 18.7 Å². The highest BCUT2D eigenvalue weighted by molar-refractivity contribution is 7.92. The number of hydrogen-bond acceptors (Lipinski definition) is 4. The lowest BCUT2D eigenvalue weighted by Crippen LogP contribution is -2.25. The Hall–Kier alpha value is -4.17. The molecule has 0 atom stereocenters. The Morgan fingerprint density at radius 1 is 0.914 bits per heavy atom. The van der Waals surface area contributed by atoms with Crippen molar-refractivity contribution in [2.24, 2.45) is 0 Å². The van der Waals surface area contributed by atoms with Crippen molar-refractivity contribution >= 4 is 49.7 Å². The number of carbonyl (C=O) groups excluding carboxylic acids is 2. The minimum atomic E-state index is -3.73. The number of aryl methyl sites for hydroxylation is 1.